The van der Waals surface area contributed by atoms with Crippen molar-refractivity contribution in [3.63, 3.8) is 0 Å². The average Bonchev–Trinajstić information content (AvgIpc) is 3.16. The summed E-state index contributed by atoms with van der Waals surface area (Å²) in [6, 6.07) is 1.13. The van der Waals surface area contributed by atoms with Gasteiger partial charge in [0.1, 0.15) is 12.1 Å². The highest BCUT2D eigenvalue weighted by Gasteiger charge is 2.36. The molecule has 0 aromatic heterocycles. The fourth-order valence-electron chi connectivity index (χ4n) is 3.92. The second kappa shape index (κ2) is 12.6. The number of carbonyl (C=O) groups excluding carboxylic acids is 4. The predicted octanol–water partition coefficient (Wildman–Crippen LogP) is 1.68. The standard InChI is InChI=1S/C24H33F2N3O6/c1-13(2)21(24(33)35-5)28-23(32)22(14(3)34-4)27-18(30)11-16-9-10-19(31)29(16)12-15-7-6-8-17(25)20(15)26/h6-8,13-14,16,21-22H,9-12H2,1-5H3,(H,27,30)(H,28,32)/t14-,16+,21+,22-/m1/s1. The first-order valence-corrected chi connectivity index (χ1v) is 11.4. The van der Waals surface area contributed by atoms with E-state index in [0.29, 0.717) is 6.42 Å². The molecule has 1 aromatic carbocycles. The Morgan fingerprint density at radius 2 is 1.80 bits per heavy atom. The number of carbonyl (C=O) groups is 4. The van der Waals surface area contributed by atoms with Crippen LogP contribution in [0.1, 0.15) is 45.6 Å². The lowest BCUT2D eigenvalue weighted by atomic mass is 10.0. The number of rotatable bonds is 11. The van der Waals surface area contributed by atoms with Gasteiger partial charge in [0.25, 0.3) is 0 Å². The van der Waals surface area contributed by atoms with E-state index in [1.54, 1.807) is 20.8 Å². The number of likely N-dealkylation sites (tertiary alicyclic amines) is 1. The lowest BCUT2D eigenvalue weighted by Crippen LogP contribution is -2.57. The van der Waals surface area contributed by atoms with Gasteiger partial charge in [-0.15, -0.1) is 0 Å². The van der Waals surface area contributed by atoms with Crippen LogP contribution in [0.4, 0.5) is 8.78 Å². The molecule has 0 spiro atoms. The molecule has 1 heterocycles. The van der Waals surface area contributed by atoms with Gasteiger partial charge in [0.15, 0.2) is 11.6 Å². The number of hydrogen-bond acceptors (Lipinski definition) is 6. The van der Waals surface area contributed by atoms with Crippen LogP contribution in [0.2, 0.25) is 0 Å². The predicted molar refractivity (Wildman–Crippen MR) is 122 cm³/mol. The van der Waals surface area contributed by atoms with Crippen LogP contribution in [0, 0.1) is 17.6 Å². The molecule has 2 rings (SSSR count). The maximum atomic E-state index is 14.1. The van der Waals surface area contributed by atoms with Crippen molar-refractivity contribution in [3.05, 3.63) is 35.4 Å². The highest BCUT2D eigenvalue weighted by atomic mass is 19.2. The highest BCUT2D eigenvalue weighted by molar-refractivity contribution is 5.91. The lowest BCUT2D eigenvalue weighted by molar-refractivity contribution is -0.147. The fourth-order valence-corrected chi connectivity index (χ4v) is 3.92. The number of ether oxygens (including phenoxy) is 2. The monoisotopic (exact) mass is 497 g/mol. The van der Waals surface area contributed by atoms with Gasteiger partial charge in [-0.1, -0.05) is 26.0 Å². The summed E-state index contributed by atoms with van der Waals surface area (Å²) >= 11 is 0. The lowest BCUT2D eigenvalue weighted by Gasteiger charge is -2.28. The van der Waals surface area contributed by atoms with E-state index in [-0.39, 0.29) is 36.8 Å². The molecule has 35 heavy (non-hydrogen) atoms. The van der Waals surface area contributed by atoms with Gasteiger partial charge < -0.3 is 25.0 Å². The normalized spacial score (nSPS) is 18.2. The van der Waals surface area contributed by atoms with E-state index >= 15 is 0 Å². The maximum Gasteiger partial charge on any atom is 0.328 e. The minimum atomic E-state index is -1.12. The van der Waals surface area contributed by atoms with Crippen molar-refractivity contribution in [2.45, 2.75) is 70.8 Å². The van der Waals surface area contributed by atoms with Crippen molar-refractivity contribution in [2.24, 2.45) is 5.92 Å². The number of nitrogens with one attached hydrogen (secondary N) is 2. The summed E-state index contributed by atoms with van der Waals surface area (Å²) in [5.74, 6) is -4.36. The van der Waals surface area contributed by atoms with E-state index in [4.69, 9.17) is 9.47 Å². The molecular weight excluding hydrogens is 464 g/mol. The molecule has 0 unspecified atom stereocenters. The molecule has 0 radical (unpaired) electrons. The third-order valence-electron chi connectivity index (χ3n) is 6.11. The minimum absolute atomic E-state index is 0.0125. The van der Waals surface area contributed by atoms with E-state index in [1.807, 2.05) is 0 Å². The third kappa shape index (κ3) is 7.20. The second-order valence-corrected chi connectivity index (χ2v) is 8.87. The van der Waals surface area contributed by atoms with Crippen molar-refractivity contribution in [1.29, 1.82) is 0 Å². The van der Waals surface area contributed by atoms with Crippen LogP contribution in [0.25, 0.3) is 0 Å². The summed E-state index contributed by atoms with van der Waals surface area (Å²) in [5.41, 5.74) is 0.0125. The molecule has 2 N–H and O–H groups in total. The number of esters is 1. The molecular formula is C24H33F2N3O6. The first-order chi connectivity index (χ1) is 16.5. The Bertz CT molecular complexity index is 942. The number of nitrogens with zero attached hydrogens (tertiary/aromatic N) is 1. The zero-order valence-electron chi connectivity index (χ0n) is 20.6. The number of hydrogen-bond donors (Lipinski definition) is 2. The van der Waals surface area contributed by atoms with Gasteiger partial charge in [-0.05, 0) is 25.3 Å². The van der Waals surface area contributed by atoms with E-state index < -0.39 is 53.6 Å². The molecule has 0 aliphatic carbocycles. The van der Waals surface area contributed by atoms with Crippen molar-refractivity contribution >= 4 is 23.7 Å². The van der Waals surface area contributed by atoms with Crippen LogP contribution in [0.3, 0.4) is 0 Å². The van der Waals surface area contributed by atoms with Crippen LogP contribution in [0.15, 0.2) is 18.2 Å². The average molecular weight is 498 g/mol. The van der Waals surface area contributed by atoms with Crippen molar-refractivity contribution in [3.8, 4) is 0 Å². The van der Waals surface area contributed by atoms with Gasteiger partial charge in [-0.25, -0.2) is 13.6 Å². The second-order valence-electron chi connectivity index (χ2n) is 8.87. The van der Waals surface area contributed by atoms with E-state index in [9.17, 15) is 28.0 Å². The largest absolute Gasteiger partial charge is 0.467 e. The molecule has 3 amide bonds. The molecule has 4 atom stereocenters. The SMILES string of the molecule is COC(=O)[C@@H](NC(=O)[C@H](NC(=O)C[C@@H]1CCC(=O)N1Cc1cccc(F)c1F)[C@@H](C)OC)C(C)C. The Hall–Kier alpha value is -3.08. The molecule has 0 saturated carbocycles. The first-order valence-electron chi connectivity index (χ1n) is 11.4. The van der Waals surface area contributed by atoms with Crippen LogP contribution in [0.5, 0.6) is 0 Å². The highest BCUT2D eigenvalue weighted by Crippen LogP contribution is 2.25. The minimum Gasteiger partial charge on any atom is -0.467 e. The van der Waals surface area contributed by atoms with Crippen LogP contribution in [-0.2, 0) is 35.2 Å². The summed E-state index contributed by atoms with van der Waals surface area (Å²) < 4.78 is 37.7. The molecule has 1 fully saturated rings. The summed E-state index contributed by atoms with van der Waals surface area (Å²) in [6.45, 7) is 4.89. The molecule has 1 aliphatic rings. The van der Waals surface area contributed by atoms with Crippen LogP contribution >= 0.6 is 0 Å². The van der Waals surface area contributed by atoms with Crippen molar-refractivity contribution < 1.29 is 37.4 Å². The number of halogens is 2. The zero-order chi connectivity index (χ0) is 26.3. The Labute approximate surface area is 203 Å². The summed E-state index contributed by atoms with van der Waals surface area (Å²) in [5, 5.41) is 5.21. The van der Waals surface area contributed by atoms with E-state index in [0.717, 1.165) is 6.07 Å². The fraction of sp³-hybridized carbons (Fsp3) is 0.583. The van der Waals surface area contributed by atoms with E-state index in [2.05, 4.69) is 10.6 Å². The maximum absolute atomic E-state index is 14.1. The Morgan fingerprint density at radius 1 is 1.11 bits per heavy atom. The molecule has 1 aromatic rings. The summed E-state index contributed by atoms with van der Waals surface area (Å²) in [4.78, 5) is 51.5. The van der Waals surface area contributed by atoms with Gasteiger partial charge in [-0.3, -0.25) is 14.4 Å². The topological polar surface area (TPSA) is 114 Å². The molecule has 194 valence electrons. The Morgan fingerprint density at radius 3 is 2.40 bits per heavy atom. The third-order valence-corrected chi connectivity index (χ3v) is 6.11. The summed E-state index contributed by atoms with van der Waals surface area (Å²) in [6.07, 6.45) is -0.347. The summed E-state index contributed by atoms with van der Waals surface area (Å²) in [7, 11) is 2.59. The Balaban J connectivity index is 2.10. The molecule has 0 bridgehead atoms. The smallest absolute Gasteiger partial charge is 0.328 e. The van der Waals surface area contributed by atoms with Crippen LogP contribution in [-0.4, -0.2) is 67.0 Å². The molecule has 1 aliphatic heterocycles. The quantitative estimate of drug-likeness (QED) is 0.450. The molecule has 9 nitrogen and oxygen atoms in total. The Kier molecular flexibility index (Phi) is 10.1. The first kappa shape index (κ1) is 28.2. The molecule has 1 saturated heterocycles. The van der Waals surface area contributed by atoms with Crippen LogP contribution < -0.4 is 10.6 Å². The number of amides is 3. The van der Waals surface area contributed by atoms with Crippen molar-refractivity contribution in [2.75, 3.05) is 14.2 Å². The number of methoxy groups -OCH3 is 2. The van der Waals surface area contributed by atoms with Gasteiger partial charge in [0, 0.05) is 38.1 Å². The van der Waals surface area contributed by atoms with Gasteiger partial charge in [-0.2, -0.15) is 0 Å². The molecule has 11 heteroatoms. The van der Waals surface area contributed by atoms with E-state index in [1.165, 1.54) is 31.3 Å². The van der Waals surface area contributed by atoms with Gasteiger partial charge in [0.05, 0.1) is 13.2 Å². The zero-order valence-corrected chi connectivity index (χ0v) is 20.6. The van der Waals surface area contributed by atoms with Gasteiger partial charge >= 0.3 is 5.97 Å². The van der Waals surface area contributed by atoms with Crippen molar-refractivity contribution in [1.82, 2.24) is 15.5 Å². The number of benzene rings is 1. The van der Waals surface area contributed by atoms with Gasteiger partial charge in [0.2, 0.25) is 17.7 Å².